The number of unbranched alkanes of at least 4 members (excludes halogenated alkanes) is 1. The molecule has 0 rings (SSSR count). The Balaban J connectivity index is 3.24. The average molecular weight is 202 g/mol. The van der Waals surface area contributed by atoms with Crippen LogP contribution in [0.3, 0.4) is 0 Å². The van der Waals surface area contributed by atoms with Gasteiger partial charge >= 0.3 is 0 Å². The van der Waals surface area contributed by atoms with Crippen molar-refractivity contribution in [3.05, 3.63) is 0 Å². The lowest BCUT2D eigenvalue weighted by atomic mass is 10.2. The highest BCUT2D eigenvalue weighted by Gasteiger charge is 2.04. The summed E-state index contributed by atoms with van der Waals surface area (Å²) in [7, 11) is 0. The van der Waals surface area contributed by atoms with Crippen molar-refractivity contribution < 1.29 is 4.74 Å². The van der Waals surface area contributed by atoms with Gasteiger partial charge < -0.3 is 15.8 Å². The Morgan fingerprint density at radius 3 is 2.64 bits per heavy atom. The Morgan fingerprint density at radius 2 is 2.07 bits per heavy atom. The molecule has 0 aromatic heterocycles. The van der Waals surface area contributed by atoms with Crippen molar-refractivity contribution >= 4 is 0 Å². The van der Waals surface area contributed by atoms with Crippen LogP contribution in [0.4, 0.5) is 0 Å². The lowest BCUT2D eigenvalue weighted by Gasteiger charge is -2.16. The minimum atomic E-state index is 0.382. The van der Waals surface area contributed by atoms with E-state index in [-0.39, 0.29) is 0 Å². The van der Waals surface area contributed by atoms with Crippen LogP contribution in [-0.2, 0) is 4.74 Å². The first kappa shape index (κ1) is 13.9. The van der Waals surface area contributed by atoms with Crippen LogP contribution in [0, 0.1) is 0 Å². The fourth-order valence-corrected chi connectivity index (χ4v) is 1.26. The molecule has 0 heterocycles. The molecule has 0 radical (unpaired) electrons. The van der Waals surface area contributed by atoms with E-state index in [2.05, 4.69) is 19.2 Å². The molecule has 0 bridgehead atoms. The molecular formula is C11H26N2O. The summed E-state index contributed by atoms with van der Waals surface area (Å²) in [5.41, 5.74) is 5.41. The van der Waals surface area contributed by atoms with Gasteiger partial charge in [-0.05, 0) is 38.8 Å². The van der Waals surface area contributed by atoms with E-state index in [1.54, 1.807) is 0 Å². The summed E-state index contributed by atoms with van der Waals surface area (Å²) in [5, 5.41) is 3.40. The molecule has 0 aliphatic carbocycles. The summed E-state index contributed by atoms with van der Waals surface area (Å²) in [6.45, 7) is 8.02. The minimum absolute atomic E-state index is 0.382. The SMILES string of the molecule is CCCO[C@@H](CC)CNCCCCN. The zero-order valence-electron chi connectivity index (χ0n) is 9.72. The molecule has 0 aliphatic heterocycles. The topological polar surface area (TPSA) is 47.3 Å². The van der Waals surface area contributed by atoms with E-state index in [4.69, 9.17) is 10.5 Å². The van der Waals surface area contributed by atoms with E-state index in [9.17, 15) is 0 Å². The molecule has 0 saturated heterocycles. The predicted octanol–water partition coefficient (Wildman–Crippen LogP) is 1.52. The second-order valence-electron chi connectivity index (χ2n) is 3.60. The van der Waals surface area contributed by atoms with Crippen molar-refractivity contribution in [3.63, 3.8) is 0 Å². The van der Waals surface area contributed by atoms with Crippen LogP contribution in [0.1, 0.15) is 39.5 Å². The quantitative estimate of drug-likeness (QED) is 0.528. The molecule has 3 N–H and O–H groups in total. The zero-order valence-corrected chi connectivity index (χ0v) is 9.72. The molecule has 3 heteroatoms. The van der Waals surface area contributed by atoms with Crippen LogP contribution in [-0.4, -0.2) is 32.3 Å². The van der Waals surface area contributed by atoms with Crippen molar-refractivity contribution in [1.82, 2.24) is 5.32 Å². The number of hydrogen-bond donors (Lipinski definition) is 2. The molecule has 14 heavy (non-hydrogen) atoms. The van der Waals surface area contributed by atoms with E-state index < -0.39 is 0 Å². The van der Waals surface area contributed by atoms with Crippen LogP contribution in [0.2, 0.25) is 0 Å². The Hall–Kier alpha value is -0.120. The van der Waals surface area contributed by atoms with Crippen molar-refractivity contribution in [2.24, 2.45) is 5.73 Å². The van der Waals surface area contributed by atoms with Gasteiger partial charge in [-0.3, -0.25) is 0 Å². The van der Waals surface area contributed by atoms with Gasteiger partial charge in [0.05, 0.1) is 6.10 Å². The fourth-order valence-electron chi connectivity index (χ4n) is 1.26. The molecule has 0 spiro atoms. The molecule has 0 fully saturated rings. The van der Waals surface area contributed by atoms with Gasteiger partial charge in [-0.2, -0.15) is 0 Å². The van der Waals surface area contributed by atoms with Crippen LogP contribution in [0.5, 0.6) is 0 Å². The van der Waals surface area contributed by atoms with Crippen molar-refractivity contribution in [2.45, 2.75) is 45.6 Å². The summed E-state index contributed by atoms with van der Waals surface area (Å²) >= 11 is 0. The van der Waals surface area contributed by atoms with Crippen LogP contribution >= 0.6 is 0 Å². The maximum atomic E-state index is 5.66. The highest BCUT2D eigenvalue weighted by atomic mass is 16.5. The number of ether oxygens (including phenoxy) is 1. The van der Waals surface area contributed by atoms with Crippen molar-refractivity contribution in [2.75, 3.05) is 26.2 Å². The number of hydrogen-bond acceptors (Lipinski definition) is 3. The Labute approximate surface area is 88.4 Å². The van der Waals surface area contributed by atoms with Crippen LogP contribution in [0.15, 0.2) is 0 Å². The molecule has 0 aliphatic rings. The summed E-state index contributed by atoms with van der Waals surface area (Å²) in [6, 6.07) is 0. The number of rotatable bonds is 10. The molecule has 0 aromatic rings. The first-order chi connectivity index (χ1) is 6.85. The van der Waals surface area contributed by atoms with Gasteiger partial charge in [0.2, 0.25) is 0 Å². The average Bonchev–Trinajstić information content (AvgIpc) is 2.22. The van der Waals surface area contributed by atoms with Crippen LogP contribution < -0.4 is 11.1 Å². The summed E-state index contributed by atoms with van der Waals surface area (Å²) in [4.78, 5) is 0. The summed E-state index contributed by atoms with van der Waals surface area (Å²) in [5.74, 6) is 0. The van der Waals surface area contributed by atoms with Crippen molar-refractivity contribution in [3.8, 4) is 0 Å². The highest BCUT2D eigenvalue weighted by Crippen LogP contribution is 1.97. The largest absolute Gasteiger partial charge is 0.377 e. The highest BCUT2D eigenvalue weighted by molar-refractivity contribution is 4.59. The van der Waals surface area contributed by atoms with Gasteiger partial charge in [0.1, 0.15) is 0 Å². The summed E-state index contributed by atoms with van der Waals surface area (Å²) < 4.78 is 5.66. The van der Waals surface area contributed by atoms with E-state index in [0.717, 1.165) is 45.5 Å². The van der Waals surface area contributed by atoms with Gasteiger partial charge in [-0.15, -0.1) is 0 Å². The summed E-state index contributed by atoms with van der Waals surface area (Å²) in [6.07, 6.45) is 4.85. The Kier molecular flexibility index (Phi) is 10.9. The van der Waals surface area contributed by atoms with Gasteiger partial charge in [-0.25, -0.2) is 0 Å². The smallest absolute Gasteiger partial charge is 0.0696 e. The Morgan fingerprint density at radius 1 is 1.29 bits per heavy atom. The molecule has 0 aromatic carbocycles. The first-order valence-corrected chi connectivity index (χ1v) is 5.87. The van der Waals surface area contributed by atoms with Gasteiger partial charge in [-0.1, -0.05) is 13.8 Å². The van der Waals surface area contributed by atoms with Crippen LogP contribution in [0.25, 0.3) is 0 Å². The fraction of sp³-hybridized carbons (Fsp3) is 1.00. The van der Waals surface area contributed by atoms with E-state index in [1.165, 1.54) is 6.42 Å². The van der Waals surface area contributed by atoms with Gasteiger partial charge in [0.15, 0.2) is 0 Å². The van der Waals surface area contributed by atoms with E-state index in [0.29, 0.717) is 6.10 Å². The predicted molar refractivity (Wildman–Crippen MR) is 61.5 cm³/mol. The molecular weight excluding hydrogens is 176 g/mol. The second kappa shape index (κ2) is 11.0. The monoisotopic (exact) mass is 202 g/mol. The lowest BCUT2D eigenvalue weighted by molar-refractivity contribution is 0.0513. The maximum Gasteiger partial charge on any atom is 0.0696 e. The zero-order chi connectivity index (χ0) is 10.6. The third-order valence-electron chi connectivity index (χ3n) is 2.19. The number of nitrogens with two attached hydrogens (primary N) is 1. The maximum absolute atomic E-state index is 5.66. The third kappa shape index (κ3) is 8.48. The molecule has 0 unspecified atom stereocenters. The minimum Gasteiger partial charge on any atom is -0.377 e. The molecule has 1 atom stereocenters. The Bertz CT molecular complexity index is 109. The lowest BCUT2D eigenvalue weighted by Crippen LogP contribution is -2.29. The van der Waals surface area contributed by atoms with E-state index >= 15 is 0 Å². The molecule has 86 valence electrons. The second-order valence-corrected chi connectivity index (χ2v) is 3.60. The molecule has 0 amide bonds. The van der Waals surface area contributed by atoms with E-state index in [1.807, 2.05) is 0 Å². The third-order valence-corrected chi connectivity index (χ3v) is 2.19. The van der Waals surface area contributed by atoms with Gasteiger partial charge in [0, 0.05) is 13.2 Å². The standard InChI is InChI=1S/C11H26N2O/c1-3-9-14-11(4-2)10-13-8-6-5-7-12/h11,13H,3-10,12H2,1-2H3/t11-/m0/s1. The molecule has 3 nitrogen and oxygen atoms in total. The van der Waals surface area contributed by atoms with Gasteiger partial charge in [0.25, 0.3) is 0 Å². The molecule has 0 saturated carbocycles. The number of nitrogens with one attached hydrogen (secondary N) is 1. The normalized spacial score (nSPS) is 13.1. The van der Waals surface area contributed by atoms with Crippen molar-refractivity contribution in [1.29, 1.82) is 0 Å². The first-order valence-electron chi connectivity index (χ1n) is 5.87.